The molecule has 0 radical (unpaired) electrons. The number of H-pyrrole nitrogens is 1. The van der Waals surface area contributed by atoms with Gasteiger partial charge in [-0.25, -0.2) is 4.52 Å². The van der Waals surface area contributed by atoms with Gasteiger partial charge in [0.2, 0.25) is 6.79 Å². The molecule has 3 heterocycles. The van der Waals surface area contributed by atoms with Crippen LogP contribution in [0.4, 0.5) is 0 Å². The molecule has 0 aliphatic carbocycles. The number of imidazole rings is 1. The van der Waals surface area contributed by atoms with E-state index in [0.29, 0.717) is 22.7 Å². The number of rotatable bonds is 5. The van der Waals surface area contributed by atoms with Gasteiger partial charge in [-0.3, -0.25) is 9.59 Å². The third-order valence-electron chi connectivity index (χ3n) is 4.82. The topological polar surface area (TPSA) is 118 Å². The van der Waals surface area contributed by atoms with Crippen molar-refractivity contribution in [3.05, 3.63) is 59.8 Å². The predicted molar refractivity (Wildman–Crippen MR) is 102 cm³/mol. The summed E-state index contributed by atoms with van der Waals surface area (Å²) >= 11 is 0. The van der Waals surface area contributed by atoms with E-state index in [1.807, 2.05) is 24.3 Å². The average molecular weight is 392 g/mol. The molecule has 0 saturated carbocycles. The highest BCUT2D eigenvalue weighted by Gasteiger charge is 2.27. The van der Waals surface area contributed by atoms with Gasteiger partial charge in [-0.1, -0.05) is 24.3 Å². The molecule has 1 aliphatic rings. The van der Waals surface area contributed by atoms with Crippen LogP contribution < -0.4 is 14.8 Å². The Morgan fingerprint density at radius 3 is 2.93 bits per heavy atom. The molecule has 5 rings (SSSR count). The fourth-order valence-corrected chi connectivity index (χ4v) is 3.54. The highest BCUT2D eigenvalue weighted by Crippen LogP contribution is 2.39. The fraction of sp³-hybridized carbons (Fsp3) is 0.150. The minimum absolute atomic E-state index is 0.0545. The summed E-state index contributed by atoms with van der Waals surface area (Å²) in [5.41, 5.74) is 3.15. The number of carbonyl (C=O) groups excluding carboxylic acids is 1. The summed E-state index contributed by atoms with van der Waals surface area (Å²) < 4.78 is 12.5. The number of nitrogens with zero attached hydrogens (tertiary/aromatic N) is 2. The molecule has 29 heavy (non-hydrogen) atoms. The van der Waals surface area contributed by atoms with Crippen molar-refractivity contribution in [3.8, 4) is 11.5 Å². The molecule has 1 atom stereocenters. The van der Waals surface area contributed by atoms with E-state index in [2.05, 4.69) is 15.4 Å². The zero-order chi connectivity index (χ0) is 20.0. The average Bonchev–Trinajstić information content (AvgIpc) is 3.40. The SMILES string of the molecule is O=C(O)CC(NC(=O)c1cc2[nH]c3ccccc3n2n1)c1cccc2c1OCO2. The number of carboxylic acids is 1. The van der Waals surface area contributed by atoms with Crippen molar-refractivity contribution in [2.75, 3.05) is 6.79 Å². The molecule has 0 fully saturated rings. The van der Waals surface area contributed by atoms with Gasteiger partial charge in [0.25, 0.3) is 5.91 Å². The van der Waals surface area contributed by atoms with Gasteiger partial charge in [-0.2, -0.15) is 5.10 Å². The second-order valence-electron chi connectivity index (χ2n) is 6.67. The number of aliphatic carboxylic acids is 1. The number of carboxylic acid groups (broad SMARTS) is 1. The lowest BCUT2D eigenvalue weighted by molar-refractivity contribution is -0.137. The van der Waals surface area contributed by atoms with Crippen LogP contribution in [-0.4, -0.2) is 38.4 Å². The first-order valence-corrected chi connectivity index (χ1v) is 8.98. The fourth-order valence-electron chi connectivity index (χ4n) is 3.54. The normalized spacial score (nSPS) is 13.7. The number of benzene rings is 2. The number of hydrogen-bond donors (Lipinski definition) is 3. The Labute approximate surface area is 163 Å². The largest absolute Gasteiger partial charge is 0.481 e. The van der Waals surface area contributed by atoms with Crippen LogP contribution in [0.25, 0.3) is 16.7 Å². The zero-order valence-corrected chi connectivity index (χ0v) is 15.1. The van der Waals surface area contributed by atoms with Gasteiger partial charge in [0.1, 0.15) is 5.65 Å². The number of nitrogens with one attached hydrogen (secondary N) is 2. The van der Waals surface area contributed by atoms with Crippen LogP contribution in [0.1, 0.15) is 28.5 Å². The Morgan fingerprint density at radius 2 is 2.07 bits per heavy atom. The predicted octanol–water partition coefficient (Wildman–Crippen LogP) is 2.49. The van der Waals surface area contributed by atoms with Gasteiger partial charge < -0.3 is 24.9 Å². The minimum Gasteiger partial charge on any atom is -0.481 e. The second kappa shape index (κ2) is 6.55. The number of hydrogen-bond acceptors (Lipinski definition) is 5. The number of carbonyl (C=O) groups is 2. The summed E-state index contributed by atoms with van der Waals surface area (Å²) in [6.45, 7) is 0.0545. The molecule has 1 aliphatic heterocycles. The Bertz CT molecular complexity index is 1260. The van der Waals surface area contributed by atoms with Crippen LogP contribution in [0.3, 0.4) is 0 Å². The van der Waals surface area contributed by atoms with Crippen LogP contribution in [0.2, 0.25) is 0 Å². The van der Waals surface area contributed by atoms with Crippen LogP contribution in [0.5, 0.6) is 11.5 Å². The highest BCUT2D eigenvalue weighted by atomic mass is 16.7. The molecule has 4 aromatic rings. The molecular weight excluding hydrogens is 376 g/mol. The van der Waals surface area contributed by atoms with Crippen LogP contribution in [0, 0.1) is 0 Å². The van der Waals surface area contributed by atoms with Crippen molar-refractivity contribution in [2.24, 2.45) is 0 Å². The maximum Gasteiger partial charge on any atom is 0.305 e. The smallest absolute Gasteiger partial charge is 0.305 e. The van der Waals surface area contributed by atoms with Gasteiger partial charge in [-0.05, 0) is 18.2 Å². The first-order valence-electron chi connectivity index (χ1n) is 8.98. The molecule has 9 heteroatoms. The first-order chi connectivity index (χ1) is 14.1. The molecule has 1 amide bonds. The van der Waals surface area contributed by atoms with E-state index in [9.17, 15) is 14.7 Å². The molecule has 0 spiro atoms. The van der Waals surface area contributed by atoms with Gasteiger partial charge in [0.05, 0.1) is 23.5 Å². The summed E-state index contributed by atoms with van der Waals surface area (Å²) in [5, 5.41) is 16.5. The molecular formula is C20H16N4O5. The van der Waals surface area contributed by atoms with Gasteiger partial charge in [0, 0.05) is 11.6 Å². The third-order valence-corrected chi connectivity index (χ3v) is 4.82. The van der Waals surface area contributed by atoms with Crippen LogP contribution >= 0.6 is 0 Å². The lowest BCUT2D eigenvalue weighted by Crippen LogP contribution is -2.30. The number of amides is 1. The minimum atomic E-state index is -1.05. The lowest BCUT2D eigenvalue weighted by atomic mass is 10.0. The van der Waals surface area contributed by atoms with Gasteiger partial charge in [0.15, 0.2) is 17.2 Å². The molecule has 9 nitrogen and oxygen atoms in total. The van der Waals surface area contributed by atoms with Crippen molar-refractivity contribution in [3.63, 3.8) is 0 Å². The number of fused-ring (bicyclic) bond motifs is 4. The highest BCUT2D eigenvalue weighted by molar-refractivity contribution is 5.95. The molecule has 3 N–H and O–H groups in total. The Kier molecular flexibility index (Phi) is 3.87. The summed E-state index contributed by atoms with van der Waals surface area (Å²) in [6.07, 6.45) is -0.305. The van der Waals surface area contributed by atoms with E-state index >= 15 is 0 Å². The van der Waals surface area contributed by atoms with Crippen molar-refractivity contribution in [1.29, 1.82) is 0 Å². The summed E-state index contributed by atoms with van der Waals surface area (Å²) in [5.74, 6) is -0.556. The zero-order valence-electron chi connectivity index (χ0n) is 15.1. The maximum absolute atomic E-state index is 12.8. The number of aromatic amines is 1. The molecule has 0 bridgehead atoms. The van der Waals surface area contributed by atoms with Crippen molar-refractivity contribution < 1.29 is 24.2 Å². The van der Waals surface area contributed by atoms with Gasteiger partial charge in [-0.15, -0.1) is 0 Å². The second-order valence-corrected chi connectivity index (χ2v) is 6.67. The van der Waals surface area contributed by atoms with Gasteiger partial charge >= 0.3 is 5.97 Å². The number of aromatic nitrogens is 3. The van der Waals surface area contributed by atoms with E-state index in [1.165, 1.54) is 0 Å². The van der Waals surface area contributed by atoms with Crippen LogP contribution in [-0.2, 0) is 4.79 Å². The maximum atomic E-state index is 12.8. The van der Waals surface area contributed by atoms with E-state index in [1.54, 1.807) is 28.8 Å². The van der Waals surface area contributed by atoms with E-state index < -0.39 is 17.9 Å². The van der Waals surface area contributed by atoms with E-state index in [4.69, 9.17) is 9.47 Å². The first kappa shape index (κ1) is 17.1. The molecule has 0 saturated heterocycles. The summed E-state index contributed by atoms with van der Waals surface area (Å²) in [7, 11) is 0. The molecule has 1 unspecified atom stereocenters. The van der Waals surface area contributed by atoms with Crippen molar-refractivity contribution in [2.45, 2.75) is 12.5 Å². The van der Waals surface area contributed by atoms with E-state index in [-0.39, 0.29) is 18.9 Å². The summed E-state index contributed by atoms with van der Waals surface area (Å²) in [6, 6.07) is 13.6. The van der Waals surface area contributed by atoms with Crippen molar-refractivity contribution in [1.82, 2.24) is 19.9 Å². The van der Waals surface area contributed by atoms with Crippen molar-refractivity contribution >= 4 is 28.6 Å². The van der Waals surface area contributed by atoms with E-state index in [0.717, 1.165) is 11.0 Å². The number of para-hydroxylation sites is 3. The molecule has 2 aromatic carbocycles. The lowest BCUT2D eigenvalue weighted by Gasteiger charge is -2.18. The number of ether oxygens (including phenoxy) is 2. The quantitative estimate of drug-likeness (QED) is 0.480. The Hall–Kier alpha value is -4.01. The molecule has 146 valence electrons. The summed E-state index contributed by atoms with van der Waals surface area (Å²) in [4.78, 5) is 27.4. The third kappa shape index (κ3) is 2.92. The van der Waals surface area contributed by atoms with Crippen LogP contribution in [0.15, 0.2) is 48.5 Å². The Balaban J connectivity index is 1.47. The standard InChI is InChI=1S/C20H16N4O5/c25-18(26)9-13(11-4-3-7-16-19(11)29-10-28-16)22-20(27)14-8-17-21-12-5-1-2-6-15(12)24(17)23-14/h1-8,13,21H,9-10H2,(H,22,27)(H,25,26). The Morgan fingerprint density at radius 1 is 1.21 bits per heavy atom. The molecule has 2 aromatic heterocycles. The monoisotopic (exact) mass is 392 g/mol.